The summed E-state index contributed by atoms with van der Waals surface area (Å²) >= 11 is 0. The molecule has 0 radical (unpaired) electrons. The molecule has 192 valence electrons. The number of nitrogens with one attached hydrogen (secondary N) is 2. The van der Waals surface area contributed by atoms with Gasteiger partial charge >= 0.3 is 0 Å². The van der Waals surface area contributed by atoms with Crippen LogP contribution in [-0.2, 0) is 11.3 Å². The predicted molar refractivity (Wildman–Crippen MR) is 142 cm³/mol. The van der Waals surface area contributed by atoms with E-state index < -0.39 is 0 Å². The van der Waals surface area contributed by atoms with Crippen LogP contribution in [0.25, 0.3) is 10.9 Å². The first-order chi connectivity index (χ1) is 18.1. The Kier molecular flexibility index (Phi) is 6.48. The standard InChI is InChI=1S/C28H33N7O2/c1-19-15-20(2)23-17-24(28(36)29-25(23)16-19)26(27-30-31-32-35(27)18-22-9-6-14-37-22)34-12-10-33(11-13-34)21-7-4-3-5-8-21/h3-5,7-8,15-17,22,26H,6,9-14,18H2,1-2H3,(H,29,36)/p+1. The second-order valence-electron chi connectivity index (χ2n) is 10.4. The maximum absolute atomic E-state index is 13.6. The van der Waals surface area contributed by atoms with Gasteiger partial charge in [0.15, 0.2) is 6.04 Å². The van der Waals surface area contributed by atoms with Gasteiger partial charge in [-0.3, -0.25) is 4.79 Å². The summed E-state index contributed by atoms with van der Waals surface area (Å²) in [6.07, 6.45) is 2.16. The molecule has 2 N–H and O–H groups in total. The number of H-pyrrole nitrogens is 1. The van der Waals surface area contributed by atoms with E-state index in [9.17, 15) is 4.79 Å². The Morgan fingerprint density at radius 3 is 2.70 bits per heavy atom. The van der Waals surface area contributed by atoms with Gasteiger partial charge in [-0.15, -0.1) is 5.10 Å². The van der Waals surface area contributed by atoms with Crippen molar-refractivity contribution in [2.45, 2.75) is 45.4 Å². The van der Waals surface area contributed by atoms with E-state index in [0.717, 1.165) is 73.5 Å². The third-order valence-corrected chi connectivity index (χ3v) is 7.81. The van der Waals surface area contributed by atoms with Crippen molar-refractivity contribution in [2.24, 2.45) is 0 Å². The number of hydrogen-bond donors (Lipinski definition) is 2. The van der Waals surface area contributed by atoms with Gasteiger partial charge in [0.2, 0.25) is 5.82 Å². The van der Waals surface area contributed by atoms with Gasteiger partial charge in [-0.2, -0.15) is 0 Å². The minimum absolute atomic E-state index is 0.0767. The molecule has 0 saturated carbocycles. The lowest BCUT2D eigenvalue weighted by atomic mass is 9.99. The van der Waals surface area contributed by atoms with E-state index in [1.807, 2.05) is 16.8 Å². The number of ether oxygens (including phenoxy) is 1. The second-order valence-corrected chi connectivity index (χ2v) is 10.4. The summed E-state index contributed by atoms with van der Waals surface area (Å²) in [4.78, 5) is 20.5. The summed E-state index contributed by atoms with van der Waals surface area (Å²) in [6, 6.07) is 16.5. The molecule has 0 bridgehead atoms. The van der Waals surface area contributed by atoms with Crippen molar-refractivity contribution in [1.82, 2.24) is 25.2 Å². The number of anilines is 1. The fourth-order valence-corrected chi connectivity index (χ4v) is 5.95. The molecule has 9 heteroatoms. The van der Waals surface area contributed by atoms with E-state index in [1.54, 1.807) is 0 Å². The van der Waals surface area contributed by atoms with Crippen LogP contribution in [0.2, 0.25) is 0 Å². The van der Waals surface area contributed by atoms with Crippen molar-refractivity contribution in [1.29, 1.82) is 0 Å². The van der Waals surface area contributed by atoms with Crippen LogP contribution in [-0.4, -0.2) is 64.1 Å². The van der Waals surface area contributed by atoms with Gasteiger partial charge in [0.1, 0.15) is 0 Å². The van der Waals surface area contributed by atoms with Crippen molar-refractivity contribution >= 4 is 16.6 Å². The Morgan fingerprint density at radius 2 is 1.95 bits per heavy atom. The van der Waals surface area contributed by atoms with E-state index in [0.29, 0.717) is 12.1 Å². The first-order valence-corrected chi connectivity index (χ1v) is 13.2. The molecule has 2 saturated heterocycles. The minimum Gasteiger partial charge on any atom is -0.376 e. The molecule has 6 rings (SSSR count). The number of nitrogens with zero attached hydrogens (tertiary/aromatic N) is 5. The molecule has 9 nitrogen and oxygen atoms in total. The Hall–Kier alpha value is -3.56. The summed E-state index contributed by atoms with van der Waals surface area (Å²) < 4.78 is 7.75. The van der Waals surface area contributed by atoms with Crippen LogP contribution < -0.4 is 15.4 Å². The Morgan fingerprint density at radius 1 is 1.14 bits per heavy atom. The molecule has 2 aromatic carbocycles. The molecule has 37 heavy (non-hydrogen) atoms. The molecule has 2 aliphatic heterocycles. The second kappa shape index (κ2) is 10.1. The lowest BCUT2D eigenvalue weighted by Gasteiger charge is -2.37. The van der Waals surface area contributed by atoms with E-state index in [-0.39, 0.29) is 17.7 Å². The zero-order valence-corrected chi connectivity index (χ0v) is 21.5. The topological polar surface area (TPSA) is 93.4 Å². The third-order valence-electron chi connectivity index (χ3n) is 7.81. The molecule has 2 fully saturated rings. The van der Waals surface area contributed by atoms with Gasteiger partial charge in [-0.05, 0) is 72.5 Å². The van der Waals surface area contributed by atoms with Gasteiger partial charge in [0.05, 0.1) is 44.4 Å². The summed E-state index contributed by atoms with van der Waals surface area (Å²) in [7, 11) is 0. The zero-order chi connectivity index (χ0) is 25.4. The van der Waals surface area contributed by atoms with Crippen molar-refractivity contribution < 1.29 is 9.64 Å². The lowest BCUT2D eigenvalue weighted by Crippen LogP contribution is -3.15. The number of rotatable bonds is 6. The highest BCUT2D eigenvalue weighted by molar-refractivity contribution is 5.83. The molecule has 0 spiro atoms. The van der Waals surface area contributed by atoms with E-state index in [2.05, 4.69) is 75.7 Å². The highest BCUT2D eigenvalue weighted by Crippen LogP contribution is 2.24. The molecule has 2 aliphatic rings. The number of aromatic amines is 1. The Labute approximate surface area is 216 Å². The maximum atomic E-state index is 13.6. The summed E-state index contributed by atoms with van der Waals surface area (Å²) in [6.45, 7) is 9.07. The van der Waals surface area contributed by atoms with E-state index >= 15 is 0 Å². The average Bonchev–Trinajstić information content (AvgIpc) is 3.59. The van der Waals surface area contributed by atoms with E-state index in [1.165, 1.54) is 10.6 Å². The van der Waals surface area contributed by atoms with Crippen molar-refractivity contribution in [3.63, 3.8) is 0 Å². The largest absolute Gasteiger partial charge is 0.376 e. The van der Waals surface area contributed by atoms with Crippen molar-refractivity contribution in [3.8, 4) is 0 Å². The number of quaternary nitrogens is 1. The van der Waals surface area contributed by atoms with Crippen LogP contribution >= 0.6 is 0 Å². The summed E-state index contributed by atoms with van der Waals surface area (Å²) in [5.41, 5.74) is 5.02. The monoisotopic (exact) mass is 500 g/mol. The van der Waals surface area contributed by atoms with E-state index in [4.69, 9.17) is 4.74 Å². The third kappa shape index (κ3) is 4.76. The molecule has 4 heterocycles. The molecule has 2 unspecified atom stereocenters. The number of benzene rings is 2. The molecule has 4 aromatic rings. The number of aryl methyl sites for hydroxylation is 2. The summed E-state index contributed by atoms with van der Waals surface area (Å²) in [5, 5.41) is 14.0. The van der Waals surface area contributed by atoms with Crippen LogP contribution in [0.4, 0.5) is 5.69 Å². The molecule has 0 amide bonds. The quantitative estimate of drug-likeness (QED) is 0.420. The fraction of sp³-hybridized carbons (Fsp3) is 0.429. The number of piperazine rings is 1. The highest BCUT2D eigenvalue weighted by atomic mass is 16.5. The van der Waals surface area contributed by atoms with Crippen molar-refractivity contribution in [3.05, 3.63) is 81.4 Å². The molecule has 2 aromatic heterocycles. The predicted octanol–water partition coefficient (Wildman–Crippen LogP) is 1.80. The van der Waals surface area contributed by atoms with Crippen LogP contribution in [0.3, 0.4) is 0 Å². The number of aromatic nitrogens is 5. The van der Waals surface area contributed by atoms with Gasteiger partial charge in [-0.1, -0.05) is 24.3 Å². The first-order valence-electron chi connectivity index (χ1n) is 13.2. The number of pyridine rings is 1. The SMILES string of the molecule is Cc1cc(C)c2cc(C(c3nnnn3CC3CCCO3)[NH+]3CCN(c4ccccc4)CC3)c(=O)[nH]c2c1. The molecule has 0 aliphatic carbocycles. The molecular weight excluding hydrogens is 466 g/mol. The van der Waals surface area contributed by atoms with Gasteiger partial charge in [-0.25, -0.2) is 4.68 Å². The van der Waals surface area contributed by atoms with Crippen LogP contribution in [0, 0.1) is 13.8 Å². The van der Waals surface area contributed by atoms with Crippen LogP contribution in [0.15, 0.2) is 53.3 Å². The van der Waals surface area contributed by atoms with Crippen LogP contribution in [0.5, 0.6) is 0 Å². The zero-order valence-electron chi connectivity index (χ0n) is 21.5. The maximum Gasteiger partial charge on any atom is 0.258 e. The number of tetrazole rings is 1. The van der Waals surface area contributed by atoms with Crippen LogP contribution in [0.1, 0.15) is 41.4 Å². The van der Waals surface area contributed by atoms with Gasteiger partial charge < -0.3 is 19.5 Å². The minimum atomic E-state index is -0.275. The normalized spacial score (nSPS) is 19.5. The number of fused-ring (bicyclic) bond motifs is 1. The molecular formula is C28H34N7O2+. The Balaban J connectivity index is 1.39. The average molecular weight is 501 g/mol. The fourth-order valence-electron chi connectivity index (χ4n) is 5.95. The lowest BCUT2D eigenvalue weighted by molar-refractivity contribution is -0.927. The molecule has 2 atom stereocenters. The first kappa shape index (κ1) is 23.8. The Bertz CT molecular complexity index is 1430. The highest BCUT2D eigenvalue weighted by Gasteiger charge is 2.37. The van der Waals surface area contributed by atoms with Crippen molar-refractivity contribution in [2.75, 3.05) is 37.7 Å². The number of para-hydroxylation sites is 1. The smallest absolute Gasteiger partial charge is 0.258 e. The summed E-state index contributed by atoms with van der Waals surface area (Å²) in [5.74, 6) is 0.730. The van der Waals surface area contributed by atoms with Gasteiger partial charge in [0, 0.05) is 23.2 Å². The van der Waals surface area contributed by atoms with Gasteiger partial charge in [0.25, 0.3) is 5.56 Å². The number of hydrogen-bond acceptors (Lipinski definition) is 6.